The van der Waals surface area contributed by atoms with Crippen LogP contribution in [0.1, 0.15) is 5.82 Å². The van der Waals surface area contributed by atoms with Gasteiger partial charge < -0.3 is 15.5 Å². The number of anilines is 3. The standard InChI is InChI=1S/C12H14ClN5O/c1-19-7-12-16-10(6-11(17-12)18-14)15-9-4-2-8(13)3-5-9/h2-6H,7,14H2,1H3,(H2,15,16,17,18). The van der Waals surface area contributed by atoms with E-state index in [0.29, 0.717) is 29.1 Å². The van der Waals surface area contributed by atoms with Crippen molar-refractivity contribution in [2.75, 3.05) is 17.9 Å². The van der Waals surface area contributed by atoms with Gasteiger partial charge in [0.1, 0.15) is 18.2 Å². The number of nitrogen functional groups attached to an aromatic ring is 1. The molecule has 0 aliphatic rings. The van der Waals surface area contributed by atoms with Gasteiger partial charge in [0.05, 0.1) is 0 Å². The van der Waals surface area contributed by atoms with Crippen molar-refractivity contribution in [2.45, 2.75) is 6.61 Å². The van der Waals surface area contributed by atoms with Crippen LogP contribution >= 0.6 is 11.6 Å². The molecule has 2 rings (SSSR count). The lowest BCUT2D eigenvalue weighted by molar-refractivity contribution is 0.178. The molecule has 0 radical (unpaired) electrons. The maximum Gasteiger partial charge on any atom is 0.158 e. The summed E-state index contributed by atoms with van der Waals surface area (Å²) < 4.78 is 5.01. The minimum Gasteiger partial charge on any atom is -0.377 e. The Labute approximate surface area is 115 Å². The molecule has 100 valence electrons. The second-order valence-corrected chi connectivity index (χ2v) is 4.20. The monoisotopic (exact) mass is 279 g/mol. The van der Waals surface area contributed by atoms with E-state index >= 15 is 0 Å². The van der Waals surface area contributed by atoms with E-state index in [9.17, 15) is 0 Å². The van der Waals surface area contributed by atoms with Crippen molar-refractivity contribution in [1.82, 2.24) is 9.97 Å². The quantitative estimate of drug-likeness (QED) is 0.575. The molecule has 1 aromatic heterocycles. The first-order valence-electron chi connectivity index (χ1n) is 5.57. The molecule has 0 fully saturated rings. The van der Waals surface area contributed by atoms with Crippen molar-refractivity contribution >= 4 is 28.9 Å². The molecule has 2 aromatic rings. The normalized spacial score (nSPS) is 10.3. The second kappa shape index (κ2) is 6.33. The Hall–Kier alpha value is -1.89. The van der Waals surface area contributed by atoms with E-state index in [2.05, 4.69) is 20.7 Å². The van der Waals surface area contributed by atoms with E-state index < -0.39 is 0 Å². The van der Waals surface area contributed by atoms with Gasteiger partial charge in [0.2, 0.25) is 0 Å². The van der Waals surface area contributed by atoms with Gasteiger partial charge in [-0.3, -0.25) is 0 Å². The Morgan fingerprint density at radius 3 is 2.53 bits per heavy atom. The van der Waals surface area contributed by atoms with Crippen LogP contribution in [0.5, 0.6) is 0 Å². The number of nitrogens with two attached hydrogens (primary N) is 1. The summed E-state index contributed by atoms with van der Waals surface area (Å²) in [6, 6.07) is 9.01. The molecule has 0 spiro atoms. The average Bonchev–Trinajstić information content (AvgIpc) is 2.41. The van der Waals surface area contributed by atoms with Crippen LogP contribution in [-0.4, -0.2) is 17.1 Å². The van der Waals surface area contributed by atoms with Crippen LogP contribution in [-0.2, 0) is 11.3 Å². The van der Waals surface area contributed by atoms with E-state index in [0.717, 1.165) is 5.69 Å². The third kappa shape index (κ3) is 3.78. The Kier molecular flexibility index (Phi) is 4.51. The van der Waals surface area contributed by atoms with Crippen LogP contribution in [0.15, 0.2) is 30.3 Å². The molecule has 19 heavy (non-hydrogen) atoms. The molecule has 0 saturated carbocycles. The third-order valence-corrected chi connectivity index (χ3v) is 2.56. The number of ether oxygens (including phenoxy) is 1. The third-order valence-electron chi connectivity index (χ3n) is 2.31. The highest BCUT2D eigenvalue weighted by Crippen LogP contribution is 2.19. The summed E-state index contributed by atoms with van der Waals surface area (Å²) in [6.45, 7) is 0.310. The lowest BCUT2D eigenvalue weighted by atomic mass is 10.3. The number of nitrogens with zero attached hydrogens (tertiary/aromatic N) is 2. The molecule has 1 aromatic carbocycles. The molecule has 0 aliphatic carbocycles. The maximum absolute atomic E-state index is 5.83. The van der Waals surface area contributed by atoms with Gasteiger partial charge in [0, 0.05) is 23.9 Å². The van der Waals surface area contributed by atoms with Gasteiger partial charge in [-0.15, -0.1) is 0 Å². The summed E-state index contributed by atoms with van der Waals surface area (Å²) >= 11 is 5.83. The first-order valence-corrected chi connectivity index (χ1v) is 5.95. The zero-order chi connectivity index (χ0) is 13.7. The topological polar surface area (TPSA) is 85.1 Å². The van der Waals surface area contributed by atoms with Gasteiger partial charge in [0.25, 0.3) is 0 Å². The van der Waals surface area contributed by atoms with Crippen molar-refractivity contribution in [1.29, 1.82) is 0 Å². The number of aromatic nitrogens is 2. The number of benzene rings is 1. The van der Waals surface area contributed by atoms with Crippen molar-refractivity contribution in [3.05, 3.63) is 41.2 Å². The maximum atomic E-state index is 5.83. The van der Waals surface area contributed by atoms with Crippen LogP contribution < -0.4 is 16.6 Å². The number of hydrogen-bond donors (Lipinski definition) is 3. The lowest BCUT2D eigenvalue weighted by Gasteiger charge is -2.09. The van der Waals surface area contributed by atoms with Crippen LogP contribution in [0, 0.1) is 0 Å². The number of hydrogen-bond acceptors (Lipinski definition) is 6. The zero-order valence-corrected chi connectivity index (χ0v) is 11.1. The van der Waals surface area contributed by atoms with Gasteiger partial charge in [-0.05, 0) is 24.3 Å². The Balaban J connectivity index is 2.23. The van der Waals surface area contributed by atoms with E-state index in [1.54, 1.807) is 25.3 Å². The molecule has 6 nitrogen and oxygen atoms in total. The summed E-state index contributed by atoms with van der Waals surface area (Å²) in [5, 5.41) is 3.82. The summed E-state index contributed by atoms with van der Waals surface area (Å²) in [5.41, 5.74) is 3.36. The van der Waals surface area contributed by atoms with Crippen LogP contribution in [0.3, 0.4) is 0 Å². The first-order chi connectivity index (χ1) is 9.21. The van der Waals surface area contributed by atoms with Gasteiger partial charge in [-0.1, -0.05) is 11.6 Å². The van der Waals surface area contributed by atoms with Gasteiger partial charge >= 0.3 is 0 Å². The molecule has 4 N–H and O–H groups in total. The minimum atomic E-state index is 0.310. The van der Waals surface area contributed by atoms with Gasteiger partial charge in [0.15, 0.2) is 5.82 Å². The lowest BCUT2D eigenvalue weighted by Crippen LogP contribution is -2.11. The fraction of sp³-hybridized carbons (Fsp3) is 0.167. The van der Waals surface area contributed by atoms with Crippen LogP contribution in [0.2, 0.25) is 5.02 Å². The molecule has 0 atom stereocenters. The zero-order valence-electron chi connectivity index (χ0n) is 10.4. The summed E-state index contributed by atoms with van der Waals surface area (Å²) in [7, 11) is 1.58. The van der Waals surface area contributed by atoms with E-state index in [1.807, 2.05) is 12.1 Å². The van der Waals surface area contributed by atoms with Gasteiger partial charge in [-0.25, -0.2) is 15.8 Å². The smallest absolute Gasteiger partial charge is 0.158 e. The van der Waals surface area contributed by atoms with Gasteiger partial charge in [-0.2, -0.15) is 0 Å². The molecular weight excluding hydrogens is 266 g/mol. The highest BCUT2D eigenvalue weighted by atomic mass is 35.5. The molecule has 0 aliphatic heterocycles. The van der Waals surface area contributed by atoms with Crippen molar-refractivity contribution in [3.63, 3.8) is 0 Å². The Morgan fingerprint density at radius 2 is 1.89 bits per heavy atom. The van der Waals surface area contributed by atoms with E-state index in [4.69, 9.17) is 22.2 Å². The minimum absolute atomic E-state index is 0.310. The van der Waals surface area contributed by atoms with Crippen LogP contribution in [0.25, 0.3) is 0 Å². The molecule has 0 unspecified atom stereocenters. The molecule has 0 amide bonds. The molecular formula is C12H14ClN5O. The number of nitrogens with one attached hydrogen (secondary N) is 2. The first kappa shape index (κ1) is 13.5. The highest BCUT2D eigenvalue weighted by molar-refractivity contribution is 6.30. The average molecular weight is 280 g/mol. The van der Waals surface area contributed by atoms with Crippen molar-refractivity contribution < 1.29 is 4.74 Å². The largest absolute Gasteiger partial charge is 0.377 e. The highest BCUT2D eigenvalue weighted by Gasteiger charge is 2.04. The van der Waals surface area contributed by atoms with Crippen LogP contribution in [0.4, 0.5) is 17.3 Å². The summed E-state index contributed by atoms with van der Waals surface area (Å²) in [6.07, 6.45) is 0. The molecule has 7 heteroatoms. The molecule has 0 bridgehead atoms. The van der Waals surface area contributed by atoms with Crippen molar-refractivity contribution in [2.24, 2.45) is 5.84 Å². The number of rotatable bonds is 5. The van der Waals surface area contributed by atoms with E-state index in [1.165, 1.54) is 0 Å². The predicted octanol–water partition coefficient (Wildman–Crippen LogP) is 2.31. The Morgan fingerprint density at radius 1 is 1.21 bits per heavy atom. The summed E-state index contributed by atoms with van der Waals surface area (Å²) in [5.74, 6) is 7.04. The number of halogens is 1. The number of hydrazine groups is 1. The fourth-order valence-electron chi connectivity index (χ4n) is 1.51. The fourth-order valence-corrected chi connectivity index (χ4v) is 1.64. The van der Waals surface area contributed by atoms with Crippen molar-refractivity contribution in [3.8, 4) is 0 Å². The predicted molar refractivity (Wildman–Crippen MR) is 75.3 cm³/mol. The van der Waals surface area contributed by atoms with E-state index in [-0.39, 0.29) is 0 Å². The number of methoxy groups -OCH3 is 1. The second-order valence-electron chi connectivity index (χ2n) is 3.76. The Bertz CT molecular complexity index is 546. The SMILES string of the molecule is COCc1nc(NN)cc(Nc2ccc(Cl)cc2)n1. The summed E-state index contributed by atoms with van der Waals surface area (Å²) in [4.78, 5) is 8.48. The molecule has 1 heterocycles. The molecule has 0 saturated heterocycles.